The summed E-state index contributed by atoms with van der Waals surface area (Å²) in [6.45, 7) is 14.2. The molecule has 0 heterocycles. The zero-order valence-corrected chi connectivity index (χ0v) is 18.4. The number of nitrogens with zero attached hydrogens (tertiary/aromatic N) is 1. The van der Waals surface area contributed by atoms with Gasteiger partial charge in [-0.1, -0.05) is 48.5 Å². The van der Waals surface area contributed by atoms with Gasteiger partial charge >= 0.3 is 0 Å². The van der Waals surface area contributed by atoms with E-state index in [0.717, 1.165) is 26.9 Å². The largest absolute Gasteiger partial charge is 0.744 e. The van der Waals surface area contributed by atoms with Gasteiger partial charge in [0.25, 0.3) is 0 Å². The molecule has 0 bridgehead atoms. The zero-order chi connectivity index (χ0) is 21.2. The first-order chi connectivity index (χ1) is 13.8. The number of rotatable bonds is 5. The topological polar surface area (TPSA) is 57.2 Å². The first kappa shape index (κ1) is 21.5. The number of quaternary nitrogens is 1. The van der Waals surface area contributed by atoms with Gasteiger partial charge in [0, 0.05) is 5.39 Å². The van der Waals surface area contributed by atoms with E-state index < -0.39 is 10.1 Å². The van der Waals surface area contributed by atoms with Crippen molar-refractivity contribution in [3.63, 3.8) is 0 Å². The first-order valence-corrected chi connectivity index (χ1v) is 11.7. The van der Waals surface area contributed by atoms with Crippen LogP contribution in [0.25, 0.3) is 32.3 Å². The molecular weight excluding hydrogens is 382 g/mol. The fourth-order valence-electron chi connectivity index (χ4n) is 4.27. The number of benzene rings is 4. The van der Waals surface area contributed by atoms with Gasteiger partial charge in [-0.3, -0.25) is 0 Å². The van der Waals surface area contributed by atoms with E-state index in [2.05, 4.69) is 27.7 Å². The van der Waals surface area contributed by atoms with Crippen molar-refractivity contribution in [2.24, 2.45) is 0 Å². The van der Waals surface area contributed by atoms with Gasteiger partial charge in [-0.2, -0.15) is 0 Å². The summed E-state index contributed by atoms with van der Waals surface area (Å²) in [5.74, 6) is 0. The van der Waals surface area contributed by atoms with Crippen molar-refractivity contribution < 1.29 is 17.5 Å². The molecule has 4 nitrogen and oxygen atoms in total. The molecule has 0 N–H and O–H groups in total. The van der Waals surface area contributed by atoms with E-state index in [4.69, 9.17) is 0 Å². The second-order valence-corrected chi connectivity index (χ2v) is 8.83. The minimum atomic E-state index is -4.48. The Labute approximate surface area is 173 Å². The second kappa shape index (κ2) is 8.27. The molecule has 29 heavy (non-hydrogen) atoms. The average molecular weight is 412 g/mol. The molecule has 0 fully saturated rings. The van der Waals surface area contributed by atoms with Crippen LogP contribution in [0.5, 0.6) is 0 Å². The number of hydrogen-bond acceptors (Lipinski definition) is 3. The molecule has 0 aliphatic heterocycles. The van der Waals surface area contributed by atoms with Crippen LogP contribution in [0.4, 0.5) is 0 Å². The normalized spacial score (nSPS) is 12.4. The van der Waals surface area contributed by atoms with Crippen LogP contribution in [0, 0.1) is 0 Å². The second-order valence-electron chi connectivity index (χ2n) is 7.48. The van der Waals surface area contributed by atoms with E-state index in [0.29, 0.717) is 5.39 Å². The maximum absolute atomic E-state index is 11.4. The van der Waals surface area contributed by atoms with E-state index in [-0.39, 0.29) is 4.90 Å². The smallest absolute Gasteiger partial charge is 0.125 e. The van der Waals surface area contributed by atoms with Crippen LogP contribution in [0.15, 0.2) is 59.5 Å². The summed E-state index contributed by atoms with van der Waals surface area (Å²) in [7, 11) is -4.48. The van der Waals surface area contributed by atoms with Gasteiger partial charge in [0.05, 0.1) is 31.1 Å². The Morgan fingerprint density at radius 3 is 1.59 bits per heavy atom. The molecule has 4 rings (SSSR count). The summed E-state index contributed by atoms with van der Waals surface area (Å²) in [4.78, 5) is -0.150. The lowest BCUT2D eigenvalue weighted by Gasteiger charge is -2.34. The molecule has 4 aromatic carbocycles. The predicted octanol–water partition coefficient (Wildman–Crippen LogP) is 5.37. The van der Waals surface area contributed by atoms with Crippen LogP contribution >= 0.6 is 0 Å². The molecule has 0 unspecified atom stereocenters. The van der Waals surface area contributed by atoms with E-state index >= 15 is 0 Å². The van der Waals surface area contributed by atoms with Gasteiger partial charge < -0.3 is 9.04 Å². The molecule has 4 aromatic rings. The Bertz CT molecular complexity index is 1190. The molecule has 0 saturated heterocycles. The lowest BCUT2D eigenvalue weighted by molar-refractivity contribution is -0.921. The Morgan fingerprint density at radius 1 is 0.690 bits per heavy atom. The lowest BCUT2D eigenvalue weighted by Crippen LogP contribution is -2.47. The summed E-state index contributed by atoms with van der Waals surface area (Å²) in [6, 6.07) is 16.6. The van der Waals surface area contributed by atoms with E-state index in [1.165, 1.54) is 36.7 Å². The first-order valence-electron chi connectivity index (χ1n) is 10.3. The highest BCUT2D eigenvalue weighted by atomic mass is 32.2. The summed E-state index contributed by atoms with van der Waals surface area (Å²) in [6.07, 6.45) is 0. The van der Waals surface area contributed by atoms with E-state index in [1.54, 1.807) is 12.1 Å². The molecule has 0 spiro atoms. The van der Waals surface area contributed by atoms with E-state index in [9.17, 15) is 13.0 Å². The summed E-state index contributed by atoms with van der Waals surface area (Å²) in [5, 5.41) is 5.38. The Morgan fingerprint density at radius 2 is 1.14 bits per heavy atom. The SMILES string of the molecule is CC[N+](CC)(CC)CC.O=S(=O)([O-])c1ccc2ccc3cccc4ccc1c2c34. The van der Waals surface area contributed by atoms with Gasteiger partial charge in [0.15, 0.2) is 0 Å². The molecule has 0 radical (unpaired) electrons. The molecule has 0 atom stereocenters. The van der Waals surface area contributed by atoms with Gasteiger partial charge in [-0.05, 0) is 60.7 Å². The molecule has 0 aliphatic rings. The van der Waals surface area contributed by atoms with Crippen LogP contribution < -0.4 is 0 Å². The van der Waals surface area contributed by atoms with Crippen molar-refractivity contribution in [2.75, 3.05) is 26.2 Å². The van der Waals surface area contributed by atoms with Crippen molar-refractivity contribution >= 4 is 42.4 Å². The molecule has 154 valence electrons. The molecule has 5 heteroatoms. The Kier molecular flexibility index (Phi) is 6.13. The van der Waals surface area contributed by atoms with Crippen LogP contribution in [0.3, 0.4) is 0 Å². The fraction of sp³-hybridized carbons (Fsp3) is 0.333. The van der Waals surface area contributed by atoms with Crippen molar-refractivity contribution in [3.05, 3.63) is 54.6 Å². The zero-order valence-electron chi connectivity index (χ0n) is 17.6. The minimum Gasteiger partial charge on any atom is -0.744 e. The van der Waals surface area contributed by atoms with E-state index in [1.807, 2.05) is 36.4 Å². The van der Waals surface area contributed by atoms with Crippen molar-refractivity contribution in [2.45, 2.75) is 32.6 Å². The fourth-order valence-corrected chi connectivity index (χ4v) is 4.94. The highest BCUT2D eigenvalue weighted by Crippen LogP contribution is 2.36. The summed E-state index contributed by atoms with van der Waals surface area (Å²) in [5.41, 5.74) is 0. The van der Waals surface area contributed by atoms with Crippen LogP contribution in [-0.4, -0.2) is 43.6 Å². The predicted molar refractivity (Wildman–Crippen MR) is 121 cm³/mol. The van der Waals surface area contributed by atoms with Gasteiger partial charge in [-0.25, -0.2) is 8.42 Å². The minimum absolute atomic E-state index is 0.150. The standard InChI is InChI=1S/C16H10O3S.C8H20N/c17-20(18,19)14-9-7-12-5-4-10-2-1-3-11-6-8-13(14)16(12)15(10)11;1-5-9(6-2,7-3)8-4/h1-9H,(H,17,18,19);5-8H2,1-4H3/q;+1/p-1. The third-order valence-corrected chi connectivity index (χ3v) is 7.34. The third-order valence-electron chi connectivity index (χ3n) is 6.44. The Hall–Kier alpha value is -2.21. The van der Waals surface area contributed by atoms with Crippen LogP contribution in [0.1, 0.15) is 27.7 Å². The van der Waals surface area contributed by atoms with Crippen LogP contribution in [-0.2, 0) is 10.1 Å². The average Bonchev–Trinajstić information content (AvgIpc) is 2.74. The van der Waals surface area contributed by atoms with Gasteiger partial charge in [-0.15, -0.1) is 0 Å². The molecular formula is C24H29NO3S. The molecule has 0 amide bonds. The number of hydrogen-bond donors (Lipinski definition) is 0. The van der Waals surface area contributed by atoms with Crippen molar-refractivity contribution in [1.29, 1.82) is 0 Å². The quantitative estimate of drug-likeness (QED) is 0.252. The maximum Gasteiger partial charge on any atom is 0.125 e. The monoisotopic (exact) mass is 411 g/mol. The molecule has 0 aromatic heterocycles. The van der Waals surface area contributed by atoms with Crippen molar-refractivity contribution in [1.82, 2.24) is 0 Å². The van der Waals surface area contributed by atoms with Gasteiger partial charge in [0.1, 0.15) is 10.1 Å². The Balaban J connectivity index is 0.000000229. The van der Waals surface area contributed by atoms with Gasteiger partial charge in [0.2, 0.25) is 0 Å². The van der Waals surface area contributed by atoms with Crippen molar-refractivity contribution in [3.8, 4) is 0 Å². The van der Waals surface area contributed by atoms with Crippen LogP contribution in [0.2, 0.25) is 0 Å². The molecule has 0 aliphatic carbocycles. The molecule has 0 saturated carbocycles. The maximum atomic E-state index is 11.4. The highest BCUT2D eigenvalue weighted by Gasteiger charge is 2.16. The lowest BCUT2D eigenvalue weighted by atomic mass is 9.94. The third kappa shape index (κ3) is 3.95. The highest BCUT2D eigenvalue weighted by molar-refractivity contribution is 7.86. The summed E-state index contributed by atoms with van der Waals surface area (Å²) >= 11 is 0. The summed E-state index contributed by atoms with van der Waals surface area (Å²) < 4.78 is 35.5.